The number of benzene rings is 1. The Balaban J connectivity index is 2.29. The van der Waals surface area contributed by atoms with Gasteiger partial charge in [0.15, 0.2) is 0 Å². The van der Waals surface area contributed by atoms with Crippen LogP contribution in [0.5, 0.6) is 0 Å². The fourth-order valence-corrected chi connectivity index (χ4v) is 2.31. The van der Waals surface area contributed by atoms with E-state index in [1.807, 2.05) is 26.1 Å². The van der Waals surface area contributed by atoms with E-state index in [1.165, 1.54) is 12.1 Å². The zero-order chi connectivity index (χ0) is 13.8. The molecule has 1 atom stereocenters. The van der Waals surface area contributed by atoms with Gasteiger partial charge < -0.3 is 5.32 Å². The first-order chi connectivity index (χ1) is 9.11. The van der Waals surface area contributed by atoms with Gasteiger partial charge in [0.1, 0.15) is 5.82 Å². The third-order valence-corrected chi connectivity index (χ3v) is 3.53. The summed E-state index contributed by atoms with van der Waals surface area (Å²) in [5.74, 6) is -0.271. The van der Waals surface area contributed by atoms with Crippen molar-refractivity contribution in [3.05, 3.63) is 64.2 Å². The summed E-state index contributed by atoms with van der Waals surface area (Å²) in [7, 11) is 1.87. The van der Waals surface area contributed by atoms with Gasteiger partial charge in [0.05, 0.1) is 11.7 Å². The molecule has 100 valence electrons. The van der Waals surface area contributed by atoms with Crippen LogP contribution < -0.4 is 5.32 Å². The van der Waals surface area contributed by atoms with Crippen molar-refractivity contribution >= 4 is 11.6 Å². The van der Waals surface area contributed by atoms with Gasteiger partial charge in [-0.15, -0.1) is 0 Å². The molecule has 0 fully saturated rings. The van der Waals surface area contributed by atoms with Crippen LogP contribution in [0.1, 0.15) is 22.9 Å². The summed E-state index contributed by atoms with van der Waals surface area (Å²) in [5, 5.41) is 3.79. The van der Waals surface area contributed by atoms with Crippen LogP contribution in [0.15, 0.2) is 36.5 Å². The molecule has 1 aromatic heterocycles. The summed E-state index contributed by atoms with van der Waals surface area (Å²) in [6.07, 6.45) is 2.37. The molecule has 0 saturated carbocycles. The van der Waals surface area contributed by atoms with Gasteiger partial charge in [-0.2, -0.15) is 0 Å². The minimum atomic E-state index is -0.271. The van der Waals surface area contributed by atoms with Gasteiger partial charge in [-0.25, -0.2) is 4.39 Å². The first-order valence-corrected chi connectivity index (χ1v) is 6.52. The molecule has 0 aliphatic rings. The zero-order valence-electron chi connectivity index (χ0n) is 11.0. The van der Waals surface area contributed by atoms with Crippen molar-refractivity contribution in [1.29, 1.82) is 0 Å². The average Bonchev–Trinajstić information content (AvgIpc) is 2.41. The number of pyridine rings is 1. The van der Waals surface area contributed by atoms with E-state index < -0.39 is 0 Å². The lowest BCUT2D eigenvalue weighted by Gasteiger charge is -2.18. The number of hydrogen-bond acceptors (Lipinski definition) is 2. The van der Waals surface area contributed by atoms with E-state index in [0.29, 0.717) is 11.4 Å². The van der Waals surface area contributed by atoms with Gasteiger partial charge in [-0.05, 0) is 55.8 Å². The lowest BCUT2D eigenvalue weighted by molar-refractivity contribution is 0.567. The highest BCUT2D eigenvalue weighted by Crippen LogP contribution is 2.24. The molecule has 0 radical (unpaired) electrons. The Kier molecular flexibility index (Phi) is 4.51. The number of aromatic nitrogens is 1. The highest BCUT2D eigenvalue weighted by atomic mass is 35.5. The Hall–Kier alpha value is -1.45. The highest BCUT2D eigenvalue weighted by Gasteiger charge is 2.15. The van der Waals surface area contributed by atoms with Crippen LogP contribution in [0.2, 0.25) is 5.02 Å². The van der Waals surface area contributed by atoms with E-state index in [-0.39, 0.29) is 11.9 Å². The predicted molar refractivity (Wildman–Crippen MR) is 75.9 cm³/mol. The van der Waals surface area contributed by atoms with E-state index in [2.05, 4.69) is 10.3 Å². The maximum absolute atomic E-state index is 13.3. The minimum Gasteiger partial charge on any atom is -0.311 e. The van der Waals surface area contributed by atoms with Gasteiger partial charge in [0, 0.05) is 11.2 Å². The lowest BCUT2D eigenvalue weighted by Crippen LogP contribution is -2.21. The maximum atomic E-state index is 13.3. The molecule has 0 spiro atoms. The van der Waals surface area contributed by atoms with E-state index in [4.69, 9.17) is 11.6 Å². The average molecular weight is 279 g/mol. The summed E-state index contributed by atoms with van der Waals surface area (Å²) in [4.78, 5) is 4.40. The lowest BCUT2D eigenvalue weighted by atomic mass is 10.00. The molecule has 1 N–H and O–H groups in total. The van der Waals surface area contributed by atoms with Crippen molar-refractivity contribution in [2.45, 2.75) is 19.4 Å². The Labute approximate surface area is 117 Å². The van der Waals surface area contributed by atoms with Crippen molar-refractivity contribution in [3.63, 3.8) is 0 Å². The van der Waals surface area contributed by atoms with E-state index in [0.717, 1.165) is 16.8 Å². The van der Waals surface area contributed by atoms with Crippen LogP contribution in [0.3, 0.4) is 0 Å². The Morgan fingerprint density at radius 3 is 2.84 bits per heavy atom. The number of halogens is 2. The van der Waals surface area contributed by atoms with Crippen LogP contribution in [0, 0.1) is 12.7 Å². The molecule has 0 aliphatic heterocycles. The van der Waals surface area contributed by atoms with Crippen LogP contribution in [0.25, 0.3) is 0 Å². The first-order valence-electron chi connectivity index (χ1n) is 6.14. The number of likely N-dealkylation sites (N-methyl/N-ethyl adjacent to an activating group) is 1. The number of hydrogen-bond donors (Lipinski definition) is 1. The third kappa shape index (κ3) is 3.31. The SMILES string of the molecule is CNC(Cc1cc(F)ccc1Cl)c1ncccc1C. The molecule has 0 bridgehead atoms. The molecular weight excluding hydrogens is 263 g/mol. The van der Waals surface area contributed by atoms with Gasteiger partial charge in [-0.3, -0.25) is 4.98 Å². The van der Waals surface area contributed by atoms with Crippen LogP contribution >= 0.6 is 11.6 Å². The first kappa shape index (κ1) is 14.0. The fourth-order valence-electron chi connectivity index (χ4n) is 2.12. The molecule has 1 unspecified atom stereocenters. The van der Waals surface area contributed by atoms with Gasteiger partial charge >= 0.3 is 0 Å². The van der Waals surface area contributed by atoms with Crippen LogP contribution in [-0.2, 0) is 6.42 Å². The number of rotatable bonds is 4. The number of nitrogens with zero attached hydrogens (tertiary/aromatic N) is 1. The zero-order valence-corrected chi connectivity index (χ0v) is 11.7. The monoisotopic (exact) mass is 278 g/mol. The summed E-state index contributed by atoms with van der Waals surface area (Å²) in [6.45, 7) is 2.01. The number of nitrogens with one attached hydrogen (secondary N) is 1. The second-order valence-corrected chi connectivity index (χ2v) is 4.89. The maximum Gasteiger partial charge on any atom is 0.123 e. The summed E-state index contributed by atoms with van der Waals surface area (Å²) in [5.41, 5.74) is 2.85. The van der Waals surface area contributed by atoms with Crippen LogP contribution in [0.4, 0.5) is 4.39 Å². The Morgan fingerprint density at radius 1 is 1.37 bits per heavy atom. The van der Waals surface area contributed by atoms with E-state index in [9.17, 15) is 4.39 Å². The molecule has 19 heavy (non-hydrogen) atoms. The quantitative estimate of drug-likeness (QED) is 0.923. The second kappa shape index (κ2) is 6.13. The fraction of sp³-hybridized carbons (Fsp3) is 0.267. The molecule has 4 heteroatoms. The van der Waals surface area contributed by atoms with Crippen LogP contribution in [-0.4, -0.2) is 12.0 Å². The summed E-state index contributed by atoms with van der Waals surface area (Å²) >= 11 is 6.11. The Bertz CT molecular complexity index is 572. The normalized spacial score (nSPS) is 12.4. The molecule has 1 heterocycles. The number of aryl methyl sites for hydroxylation is 1. The van der Waals surface area contributed by atoms with Gasteiger partial charge in [-0.1, -0.05) is 17.7 Å². The van der Waals surface area contributed by atoms with E-state index in [1.54, 1.807) is 12.3 Å². The van der Waals surface area contributed by atoms with Crippen molar-refractivity contribution in [3.8, 4) is 0 Å². The molecule has 0 aliphatic carbocycles. The molecule has 0 saturated heterocycles. The highest BCUT2D eigenvalue weighted by molar-refractivity contribution is 6.31. The van der Waals surface area contributed by atoms with E-state index >= 15 is 0 Å². The van der Waals surface area contributed by atoms with Crippen molar-refractivity contribution in [1.82, 2.24) is 10.3 Å². The third-order valence-electron chi connectivity index (χ3n) is 3.16. The molecule has 0 amide bonds. The Morgan fingerprint density at radius 2 is 2.16 bits per heavy atom. The predicted octanol–water partition coefficient (Wildman–Crippen LogP) is 3.69. The molecule has 2 nitrogen and oxygen atoms in total. The molecule has 2 aromatic rings. The summed E-state index contributed by atoms with van der Waals surface area (Å²) in [6, 6.07) is 8.36. The molecular formula is C15H16ClFN2. The standard InChI is InChI=1S/C15H16ClFN2/c1-10-4-3-7-19-15(10)14(18-2)9-11-8-12(17)5-6-13(11)16/h3-8,14,18H,9H2,1-2H3. The van der Waals surface area contributed by atoms with Gasteiger partial charge in [0.2, 0.25) is 0 Å². The molecule has 2 rings (SSSR count). The summed E-state index contributed by atoms with van der Waals surface area (Å²) < 4.78 is 13.3. The largest absolute Gasteiger partial charge is 0.311 e. The van der Waals surface area contributed by atoms with Crippen molar-refractivity contribution < 1.29 is 4.39 Å². The van der Waals surface area contributed by atoms with Crippen molar-refractivity contribution in [2.75, 3.05) is 7.05 Å². The van der Waals surface area contributed by atoms with Gasteiger partial charge in [0.25, 0.3) is 0 Å². The van der Waals surface area contributed by atoms with Crippen molar-refractivity contribution in [2.24, 2.45) is 0 Å². The topological polar surface area (TPSA) is 24.9 Å². The smallest absolute Gasteiger partial charge is 0.123 e. The minimum absolute atomic E-state index is 0.0144. The molecule has 1 aromatic carbocycles. The second-order valence-electron chi connectivity index (χ2n) is 4.49.